The minimum Gasteiger partial charge on any atom is -0.463 e. The zero-order valence-corrected chi connectivity index (χ0v) is 8.77. The fraction of sp³-hybridized carbons (Fsp3) is 0.889. The molecule has 0 fully saturated rings. The minimum atomic E-state index is -0.965. The topological polar surface area (TPSA) is 70.0 Å². The molecule has 1 atom stereocenters. The van der Waals surface area contributed by atoms with Crippen molar-refractivity contribution in [2.24, 2.45) is 0 Å². The van der Waals surface area contributed by atoms with E-state index in [4.69, 9.17) is 14.9 Å². The molecule has 5 heteroatoms. The average Bonchev–Trinajstić information content (AvgIpc) is 2.13. The van der Waals surface area contributed by atoms with Crippen LogP contribution in [-0.2, 0) is 9.53 Å². The second kappa shape index (κ2) is 7.73. The zero-order chi connectivity index (χ0) is 11.0. The minimum absolute atomic E-state index is 0.128. The van der Waals surface area contributed by atoms with E-state index in [1.165, 1.54) is 0 Å². The first kappa shape index (κ1) is 13.4. The lowest BCUT2D eigenvalue weighted by atomic mass is 10.3. The van der Waals surface area contributed by atoms with Crippen molar-refractivity contribution in [3.05, 3.63) is 0 Å². The van der Waals surface area contributed by atoms with Gasteiger partial charge in [0.15, 0.2) is 0 Å². The Hall–Kier alpha value is -0.650. The highest BCUT2D eigenvalue weighted by Gasteiger charge is 2.07. The van der Waals surface area contributed by atoms with E-state index in [2.05, 4.69) is 0 Å². The largest absolute Gasteiger partial charge is 0.463 e. The highest BCUT2D eigenvalue weighted by Crippen LogP contribution is 1.95. The number of ether oxygens (including phenoxy) is 1. The van der Waals surface area contributed by atoms with Crippen LogP contribution < -0.4 is 0 Å². The molecule has 0 saturated carbocycles. The number of carbonyl (C=O) groups is 1. The van der Waals surface area contributed by atoms with Gasteiger partial charge in [0.1, 0.15) is 12.7 Å². The van der Waals surface area contributed by atoms with Crippen molar-refractivity contribution >= 4 is 5.97 Å². The van der Waals surface area contributed by atoms with Crippen LogP contribution >= 0.6 is 0 Å². The fourth-order valence-electron chi connectivity index (χ4n) is 0.854. The molecule has 14 heavy (non-hydrogen) atoms. The molecule has 0 bridgehead atoms. The Kier molecular flexibility index (Phi) is 7.37. The predicted molar refractivity (Wildman–Crippen MR) is 51.8 cm³/mol. The first-order chi connectivity index (χ1) is 6.56. The number of hydrogen-bond acceptors (Lipinski definition) is 5. The number of esters is 1. The molecule has 2 N–H and O–H groups in total. The first-order valence-electron chi connectivity index (χ1n) is 4.65. The van der Waals surface area contributed by atoms with Crippen LogP contribution in [0.15, 0.2) is 0 Å². The summed E-state index contributed by atoms with van der Waals surface area (Å²) in [6, 6.07) is 0. The Morgan fingerprint density at radius 1 is 1.50 bits per heavy atom. The van der Waals surface area contributed by atoms with E-state index in [-0.39, 0.29) is 19.2 Å². The van der Waals surface area contributed by atoms with Gasteiger partial charge in [0.25, 0.3) is 0 Å². The van der Waals surface area contributed by atoms with Crippen molar-refractivity contribution < 1.29 is 19.7 Å². The van der Waals surface area contributed by atoms with Gasteiger partial charge in [-0.15, -0.1) is 0 Å². The maximum absolute atomic E-state index is 11.0. The summed E-state index contributed by atoms with van der Waals surface area (Å²) in [5, 5.41) is 17.3. The second-order valence-corrected chi connectivity index (χ2v) is 3.43. The molecule has 0 amide bonds. The number of nitrogens with zero attached hydrogens (tertiary/aromatic N) is 1. The van der Waals surface area contributed by atoms with Gasteiger partial charge in [0.2, 0.25) is 0 Å². The quantitative estimate of drug-likeness (QED) is 0.534. The molecule has 1 unspecified atom stereocenters. The summed E-state index contributed by atoms with van der Waals surface area (Å²) in [4.78, 5) is 13.0. The molecule has 0 aromatic heterocycles. The summed E-state index contributed by atoms with van der Waals surface area (Å²) in [6.45, 7) is 0.319. The van der Waals surface area contributed by atoms with Crippen LogP contribution in [0.25, 0.3) is 0 Å². The SMILES string of the molecule is CN(C)CCCC(=O)OCC(O)CO. The molecule has 0 radical (unpaired) electrons. The lowest BCUT2D eigenvalue weighted by Crippen LogP contribution is -2.22. The number of carbonyl (C=O) groups excluding carboxylic acids is 1. The Morgan fingerprint density at radius 3 is 2.64 bits per heavy atom. The van der Waals surface area contributed by atoms with Crippen LogP contribution in [0.3, 0.4) is 0 Å². The summed E-state index contributed by atoms with van der Waals surface area (Å²) < 4.78 is 4.71. The normalized spacial score (nSPS) is 12.9. The average molecular weight is 205 g/mol. The number of aliphatic hydroxyl groups is 2. The van der Waals surface area contributed by atoms with E-state index < -0.39 is 6.10 Å². The molecule has 0 saturated heterocycles. The Labute approximate surface area is 84.3 Å². The second-order valence-electron chi connectivity index (χ2n) is 3.43. The summed E-state index contributed by atoms with van der Waals surface area (Å²) in [6.07, 6.45) is 0.116. The molecule has 0 aliphatic heterocycles. The summed E-state index contributed by atoms with van der Waals surface area (Å²) in [5.41, 5.74) is 0. The zero-order valence-electron chi connectivity index (χ0n) is 8.77. The van der Waals surface area contributed by atoms with Gasteiger partial charge in [-0.1, -0.05) is 0 Å². The summed E-state index contributed by atoms with van der Waals surface area (Å²) in [5.74, 6) is -0.334. The van der Waals surface area contributed by atoms with Crippen LogP contribution in [-0.4, -0.2) is 61.0 Å². The van der Waals surface area contributed by atoms with Crippen LogP contribution in [0.4, 0.5) is 0 Å². The highest BCUT2D eigenvalue weighted by molar-refractivity contribution is 5.69. The van der Waals surface area contributed by atoms with Crippen LogP contribution in [0.5, 0.6) is 0 Å². The smallest absolute Gasteiger partial charge is 0.305 e. The van der Waals surface area contributed by atoms with Gasteiger partial charge in [0, 0.05) is 6.42 Å². The number of aliphatic hydroxyl groups excluding tert-OH is 2. The van der Waals surface area contributed by atoms with Gasteiger partial charge in [0.05, 0.1) is 6.61 Å². The fourth-order valence-corrected chi connectivity index (χ4v) is 0.854. The molecule has 0 spiro atoms. The van der Waals surface area contributed by atoms with E-state index in [9.17, 15) is 4.79 Å². The van der Waals surface area contributed by atoms with Crippen LogP contribution in [0.1, 0.15) is 12.8 Å². The van der Waals surface area contributed by atoms with Gasteiger partial charge in [-0.25, -0.2) is 0 Å². The monoisotopic (exact) mass is 205 g/mol. The van der Waals surface area contributed by atoms with Gasteiger partial charge in [-0.3, -0.25) is 4.79 Å². The van der Waals surface area contributed by atoms with Crippen molar-refractivity contribution in [1.29, 1.82) is 0 Å². The molecule has 0 rings (SSSR count). The lowest BCUT2D eigenvalue weighted by Gasteiger charge is -2.10. The molecule has 5 nitrogen and oxygen atoms in total. The van der Waals surface area contributed by atoms with Crippen molar-refractivity contribution in [3.63, 3.8) is 0 Å². The van der Waals surface area contributed by atoms with E-state index >= 15 is 0 Å². The molecule has 84 valence electrons. The standard InChI is InChI=1S/C9H19NO4/c1-10(2)5-3-4-9(13)14-7-8(12)6-11/h8,11-12H,3-7H2,1-2H3. The first-order valence-corrected chi connectivity index (χ1v) is 4.65. The molecular formula is C9H19NO4. The molecule has 0 heterocycles. The van der Waals surface area contributed by atoms with Gasteiger partial charge < -0.3 is 19.8 Å². The highest BCUT2D eigenvalue weighted by atomic mass is 16.5. The van der Waals surface area contributed by atoms with Gasteiger partial charge >= 0.3 is 5.97 Å². The van der Waals surface area contributed by atoms with Crippen molar-refractivity contribution in [2.75, 3.05) is 33.9 Å². The van der Waals surface area contributed by atoms with E-state index in [1.54, 1.807) is 0 Å². The maximum Gasteiger partial charge on any atom is 0.305 e. The molecular weight excluding hydrogens is 186 g/mol. The maximum atomic E-state index is 11.0. The third kappa shape index (κ3) is 7.97. The third-order valence-electron chi connectivity index (χ3n) is 1.63. The van der Waals surface area contributed by atoms with Crippen LogP contribution in [0, 0.1) is 0 Å². The van der Waals surface area contributed by atoms with E-state index in [1.807, 2.05) is 19.0 Å². The van der Waals surface area contributed by atoms with Gasteiger partial charge in [-0.05, 0) is 27.1 Å². The summed E-state index contributed by atoms with van der Waals surface area (Å²) in [7, 11) is 3.86. The predicted octanol–water partition coefficient (Wildman–Crippen LogP) is -0.775. The van der Waals surface area contributed by atoms with Crippen molar-refractivity contribution in [2.45, 2.75) is 18.9 Å². The molecule has 0 aliphatic rings. The van der Waals surface area contributed by atoms with Crippen LogP contribution in [0.2, 0.25) is 0 Å². The van der Waals surface area contributed by atoms with E-state index in [0.29, 0.717) is 6.42 Å². The Balaban J connectivity index is 3.37. The number of hydrogen-bond donors (Lipinski definition) is 2. The van der Waals surface area contributed by atoms with Gasteiger partial charge in [-0.2, -0.15) is 0 Å². The molecule has 0 aromatic rings. The van der Waals surface area contributed by atoms with Crippen molar-refractivity contribution in [3.8, 4) is 0 Å². The Morgan fingerprint density at radius 2 is 2.14 bits per heavy atom. The molecule has 0 aromatic carbocycles. The summed E-state index contributed by atoms with van der Waals surface area (Å²) >= 11 is 0. The third-order valence-corrected chi connectivity index (χ3v) is 1.63. The van der Waals surface area contributed by atoms with Crippen molar-refractivity contribution in [1.82, 2.24) is 4.90 Å². The lowest BCUT2D eigenvalue weighted by molar-refractivity contribution is -0.147. The Bertz CT molecular complexity index is 161. The number of rotatable bonds is 7. The molecule has 0 aliphatic carbocycles. The van der Waals surface area contributed by atoms with E-state index in [0.717, 1.165) is 13.0 Å².